The van der Waals surface area contributed by atoms with Crippen LogP contribution in [0.1, 0.15) is 19.4 Å². The Kier molecular flexibility index (Phi) is 6.99. The first-order valence-corrected chi connectivity index (χ1v) is 6.90. The molecule has 1 atom stereocenters. The fourth-order valence-electron chi connectivity index (χ4n) is 1.62. The number of rotatable bonds is 9. The van der Waals surface area contributed by atoms with Gasteiger partial charge in [-0.05, 0) is 44.9 Å². The average Bonchev–Trinajstić information content (AvgIpc) is 2.41. The highest BCUT2D eigenvalue weighted by atomic mass is 16.5. The number of β-amino-alcohol motifs (C(OH)–C–C–N with tert-alkyl or cyclic N) is 1. The molecule has 4 heteroatoms. The van der Waals surface area contributed by atoms with E-state index in [0.29, 0.717) is 13.2 Å². The van der Waals surface area contributed by atoms with Crippen molar-refractivity contribution in [3.63, 3.8) is 0 Å². The van der Waals surface area contributed by atoms with Crippen molar-refractivity contribution >= 4 is 0 Å². The minimum absolute atomic E-state index is 0.246. The summed E-state index contributed by atoms with van der Waals surface area (Å²) in [6.07, 6.45) is 0.339. The van der Waals surface area contributed by atoms with Crippen molar-refractivity contribution in [1.82, 2.24) is 5.32 Å². The van der Waals surface area contributed by atoms with Gasteiger partial charge in [0.05, 0.1) is 6.61 Å². The fourth-order valence-corrected chi connectivity index (χ4v) is 1.62. The van der Waals surface area contributed by atoms with Crippen LogP contribution < -0.4 is 10.1 Å². The smallest absolute Gasteiger partial charge is 0.119 e. The molecule has 1 radical (unpaired) electrons. The summed E-state index contributed by atoms with van der Waals surface area (Å²) < 4.78 is 10.6. The van der Waals surface area contributed by atoms with E-state index in [1.165, 1.54) is 5.56 Å². The molecule has 1 aromatic carbocycles. The predicted molar refractivity (Wildman–Crippen MR) is 81.0 cm³/mol. The summed E-state index contributed by atoms with van der Waals surface area (Å²) in [6.45, 7) is 9.28. The van der Waals surface area contributed by atoms with Crippen molar-refractivity contribution in [2.45, 2.75) is 31.9 Å². The maximum Gasteiger partial charge on any atom is 0.119 e. The average molecular weight is 280 g/mol. The molecule has 0 saturated carbocycles. The molecule has 0 saturated heterocycles. The van der Waals surface area contributed by atoms with E-state index in [0.717, 1.165) is 12.2 Å². The molecule has 0 bridgehead atoms. The van der Waals surface area contributed by atoms with E-state index in [4.69, 9.17) is 9.47 Å². The summed E-state index contributed by atoms with van der Waals surface area (Å²) >= 11 is 0. The molecule has 1 aromatic rings. The Morgan fingerprint density at radius 1 is 1.30 bits per heavy atom. The number of benzene rings is 1. The second-order valence-corrected chi connectivity index (χ2v) is 5.62. The van der Waals surface area contributed by atoms with Gasteiger partial charge in [-0.15, -0.1) is 0 Å². The van der Waals surface area contributed by atoms with Crippen LogP contribution in [0, 0.1) is 6.92 Å². The van der Waals surface area contributed by atoms with Crippen molar-refractivity contribution < 1.29 is 14.6 Å². The molecule has 1 rings (SSSR count). The fraction of sp³-hybridized carbons (Fsp3) is 0.562. The third kappa shape index (κ3) is 7.48. The molecular formula is C16H26NO3. The van der Waals surface area contributed by atoms with Gasteiger partial charge in [-0.1, -0.05) is 12.1 Å². The van der Waals surface area contributed by atoms with Gasteiger partial charge in [-0.25, -0.2) is 0 Å². The molecule has 0 aliphatic rings. The SMILES string of the molecule is [CH2]C(C)(C)NCC(O)COc1ccc(CCOC)cc1. The molecule has 0 aliphatic carbocycles. The van der Waals surface area contributed by atoms with E-state index in [-0.39, 0.29) is 12.1 Å². The van der Waals surface area contributed by atoms with E-state index in [1.54, 1.807) is 7.11 Å². The maximum atomic E-state index is 9.81. The number of ether oxygens (including phenoxy) is 2. The lowest BCUT2D eigenvalue weighted by Gasteiger charge is -2.22. The Morgan fingerprint density at radius 3 is 2.50 bits per heavy atom. The van der Waals surface area contributed by atoms with Gasteiger partial charge in [0, 0.05) is 19.2 Å². The Morgan fingerprint density at radius 2 is 1.95 bits per heavy atom. The standard InChI is InChI=1S/C16H26NO3/c1-16(2,3)17-11-14(18)12-20-15-7-5-13(6-8-15)9-10-19-4/h5-8,14,17-18H,1,9-12H2,2-4H3. The summed E-state index contributed by atoms with van der Waals surface area (Å²) in [5.41, 5.74) is 0.962. The molecule has 20 heavy (non-hydrogen) atoms. The van der Waals surface area contributed by atoms with Crippen LogP contribution in [-0.4, -0.2) is 43.6 Å². The predicted octanol–water partition coefficient (Wildman–Crippen LogP) is 1.82. The first-order valence-electron chi connectivity index (χ1n) is 6.90. The summed E-state index contributed by atoms with van der Waals surface area (Å²) in [4.78, 5) is 0. The van der Waals surface area contributed by atoms with Gasteiger partial charge >= 0.3 is 0 Å². The molecule has 2 N–H and O–H groups in total. The van der Waals surface area contributed by atoms with Crippen molar-refractivity contribution in [2.24, 2.45) is 0 Å². The van der Waals surface area contributed by atoms with Gasteiger partial charge in [-0.3, -0.25) is 0 Å². The summed E-state index contributed by atoms with van der Waals surface area (Å²) in [5.74, 6) is 0.763. The van der Waals surface area contributed by atoms with Gasteiger partial charge < -0.3 is 19.9 Å². The number of aliphatic hydroxyl groups is 1. The lowest BCUT2D eigenvalue weighted by molar-refractivity contribution is 0.101. The Balaban J connectivity index is 2.30. The van der Waals surface area contributed by atoms with E-state index in [9.17, 15) is 5.11 Å². The molecule has 4 nitrogen and oxygen atoms in total. The Labute approximate surface area is 122 Å². The van der Waals surface area contributed by atoms with Gasteiger partial charge in [0.15, 0.2) is 0 Å². The lowest BCUT2D eigenvalue weighted by atomic mass is 10.1. The second kappa shape index (κ2) is 8.25. The monoisotopic (exact) mass is 280 g/mol. The molecule has 0 fully saturated rings. The van der Waals surface area contributed by atoms with Crippen molar-refractivity contribution in [2.75, 3.05) is 26.9 Å². The van der Waals surface area contributed by atoms with Gasteiger partial charge in [0.2, 0.25) is 0 Å². The first kappa shape index (κ1) is 17.0. The number of hydrogen-bond donors (Lipinski definition) is 2. The normalized spacial score (nSPS) is 13.2. The van der Waals surface area contributed by atoms with Crippen molar-refractivity contribution in [1.29, 1.82) is 0 Å². The van der Waals surface area contributed by atoms with Crippen LogP contribution in [0.25, 0.3) is 0 Å². The lowest BCUT2D eigenvalue weighted by Crippen LogP contribution is -2.42. The largest absolute Gasteiger partial charge is 0.491 e. The summed E-state index contributed by atoms with van der Waals surface area (Å²) in [6, 6.07) is 7.85. The van der Waals surface area contributed by atoms with Gasteiger partial charge in [0.25, 0.3) is 0 Å². The van der Waals surface area contributed by atoms with Crippen LogP contribution in [0.2, 0.25) is 0 Å². The Hall–Kier alpha value is -1.10. The van der Waals surface area contributed by atoms with Gasteiger partial charge in [-0.2, -0.15) is 0 Å². The highest BCUT2D eigenvalue weighted by Crippen LogP contribution is 2.13. The van der Waals surface area contributed by atoms with Crippen LogP contribution in [-0.2, 0) is 11.2 Å². The molecule has 0 amide bonds. The Bertz CT molecular complexity index is 370. The van der Waals surface area contributed by atoms with E-state index >= 15 is 0 Å². The highest BCUT2D eigenvalue weighted by molar-refractivity contribution is 5.27. The topological polar surface area (TPSA) is 50.7 Å². The zero-order valence-electron chi connectivity index (χ0n) is 12.7. The van der Waals surface area contributed by atoms with E-state index < -0.39 is 6.10 Å². The summed E-state index contributed by atoms with van der Waals surface area (Å²) in [7, 11) is 1.69. The van der Waals surface area contributed by atoms with Crippen LogP contribution in [0.4, 0.5) is 0 Å². The number of methoxy groups -OCH3 is 1. The molecule has 0 spiro atoms. The third-order valence-electron chi connectivity index (χ3n) is 2.78. The van der Waals surface area contributed by atoms with E-state index in [2.05, 4.69) is 12.2 Å². The van der Waals surface area contributed by atoms with Crippen molar-refractivity contribution in [3.8, 4) is 5.75 Å². The minimum atomic E-state index is -0.552. The van der Waals surface area contributed by atoms with Crippen molar-refractivity contribution in [3.05, 3.63) is 36.8 Å². The van der Waals surface area contributed by atoms with E-state index in [1.807, 2.05) is 38.1 Å². The quantitative estimate of drug-likeness (QED) is 0.724. The first-order chi connectivity index (χ1) is 9.40. The molecular weight excluding hydrogens is 254 g/mol. The zero-order valence-corrected chi connectivity index (χ0v) is 12.7. The molecule has 1 unspecified atom stereocenters. The van der Waals surface area contributed by atoms with Crippen LogP contribution >= 0.6 is 0 Å². The van der Waals surface area contributed by atoms with Crippen LogP contribution in [0.15, 0.2) is 24.3 Å². The molecule has 113 valence electrons. The van der Waals surface area contributed by atoms with Gasteiger partial charge in [0.1, 0.15) is 18.5 Å². The third-order valence-corrected chi connectivity index (χ3v) is 2.78. The summed E-state index contributed by atoms with van der Waals surface area (Å²) in [5, 5.41) is 12.9. The number of hydrogen-bond acceptors (Lipinski definition) is 4. The molecule has 0 aliphatic heterocycles. The zero-order chi connectivity index (χ0) is 15.0. The molecule has 0 aromatic heterocycles. The molecule has 0 heterocycles. The maximum absolute atomic E-state index is 9.81. The number of nitrogens with one attached hydrogen (secondary N) is 1. The second-order valence-electron chi connectivity index (χ2n) is 5.62. The van der Waals surface area contributed by atoms with Crippen LogP contribution in [0.3, 0.4) is 0 Å². The van der Waals surface area contributed by atoms with Crippen LogP contribution in [0.5, 0.6) is 5.75 Å². The highest BCUT2D eigenvalue weighted by Gasteiger charge is 2.12. The number of aliphatic hydroxyl groups excluding tert-OH is 1. The minimum Gasteiger partial charge on any atom is -0.491 e.